The number of hydrogen-bond donors (Lipinski definition) is 1. The van der Waals surface area contributed by atoms with Crippen LogP contribution in [-0.4, -0.2) is 16.1 Å². The maximum absolute atomic E-state index is 12.2. The van der Waals surface area contributed by atoms with E-state index >= 15 is 0 Å². The third-order valence-corrected chi connectivity index (χ3v) is 4.67. The van der Waals surface area contributed by atoms with Crippen LogP contribution >= 0.6 is 46.1 Å². The Bertz CT molecular complexity index is 900. The topological polar surface area (TPSA) is 64.1 Å². The minimum Gasteiger partial charge on any atom is -0.486 e. The molecule has 0 radical (unpaired) electrons. The molecule has 1 heterocycles. The molecule has 0 unspecified atom stereocenters. The molecule has 0 spiro atoms. The summed E-state index contributed by atoms with van der Waals surface area (Å²) in [5.41, 5.74) is 0.267. The lowest BCUT2D eigenvalue weighted by molar-refractivity contribution is 0.102. The van der Waals surface area contributed by atoms with E-state index in [0.717, 1.165) is 0 Å². The Labute approximate surface area is 162 Å². The number of carbonyl (C=O) groups is 1. The van der Waals surface area contributed by atoms with Gasteiger partial charge in [-0.2, -0.15) is 0 Å². The average molecular weight is 415 g/mol. The van der Waals surface area contributed by atoms with E-state index in [0.29, 0.717) is 31.0 Å². The fourth-order valence-electron chi connectivity index (χ4n) is 1.87. The summed E-state index contributed by atoms with van der Waals surface area (Å²) in [5, 5.41) is 12.9. The molecule has 1 N–H and O–H groups in total. The quantitative estimate of drug-likeness (QED) is 0.613. The van der Waals surface area contributed by atoms with Gasteiger partial charge in [-0.1, -0.05) is 46.1 Å². The van der Waals surface area contributed by atoms with E-state index < -0.39 is 5.91 Å². The largest absolute Gasteiger partial charge is 0.486 e. The van der Waals surface area contributed by atoms with E-state index in [9.17, 15) is 4.79 Å². The molecule has 0 bridgehead atoms. The van der Waals surface area contributed by atoms with Crippen molar-refractivity contribution in [2.75, 3.05) is 5.32 Å². The van der Waals surface area contributed by atoms with Gasteiger partial charge in [0.25, 0.3) is 5.91 Å². The Morgan fingerprint density at radius 1 is 1.04 bits per heavy atom. The lowest BCUT2D eigenvalue weighted by atomic mass is 10.2. The summed E-state index contributed by atoms with van der Waals surface area (Å²) in [7, 11) is 0. The number of amides is 1. The summed E-state index contributed by atoms with van der Waals surface area (Å²) < 4.78 is 5.58. The molecular formula is C16H10Cl3N3O2S. The van der Waals surface area contributed by atoms with E-state index in [2.05, 4.69) is 15.5 Å². The Hall–Kier alpha value is -1.86. The Morgan fingerprint density at radius 3 is 2.52 bits per heavy atom. The van der Waals surface area contributed by atoms with Gasteiger partial charge in [0.15, 0.2) is 5.01 Å². The van der Waals surface area contributed by atoms with Crippen LogP contribution in [0.15, 0.2) is 42.5 Å². The number of nitrogens with zero attached hydrogens (tertiary/aromatic N) is 2. The third-order valence-electron chi connectivity index (χ3n) is 3.04. The van der Waals surface area contributed by atoms with Crippen molar-refractivity contribution in [3.05, 3.63) is 68.1 Å². The van der Waals surface area contributed by atoms with Crippen LogP contribution in [0.2, 0.25) is 15.1 Å². The van der Waals surface area contributed by atoms with Crippen molar-refractivity contribution in [3.63, 3.8) is 0 Å². The van der Waals surface area contributed by atoms with Crippen molar-refractivity contribution < 1.29 is 9.53 Å². The molecule has 0 fully saturated rings. The van der Waals surface area contributed by atoms with Crippen LogP contribution in [0.1, 0.15) is 15.4 Å². The fraction of sp³-hybridized carbons (Fsp3) is 0.0625. The van der Waals surface area contributed by atoms with Crippen LogP contribution in [0.25, 0.3) is 0 Å². The SMILES string of the molecule is O=C(Nc1nnc(COc2ccc(Cl)cc2)s1)c1cc(Cl)ccc1Cl. The first-order chi connectivity index (χ1) is 12.0. The van der Waals surface area contributed by atoms with E-state index in [1.165, 1.54) is 17.4 Å². The monoisotopic (exact) mass is 413 g/mol. The third kappa shape index (κ3) is 4.83. The molecule has 25 heavy (non-hydrogen) atoms. The number of halogens is 3. The second-order valence-electron chi connectivity index (χ2n) is 4.82. The fourth-order valence-corrected chi connectivity index (χ4v) is 3.02. The van der Waals surface area contributed by atoms with E-state index in [-0.39, 0.29) is 12.2 Å². The lowest BCUT2D eigenvalue weighted by Crippen LogP contribution is -2.12. The van der Waals surface area contributed by atoms with E-state index in [4.69, 9.17) is 39.5 Å². The smallest absolute Gasteiger partial charge is 0.259 e. The van der Waals surface area contributed by atoms with Crippen LogP contribution in [0.5, 0.6) is 5.75 Å². The molecule has 0 aliphatic carbocycles. The van der Waals surface area contributed by atoms with Crippen molar-refractivity contribution in [1.82, 2.24) is 10.2 Å². The van der Waals surface area contributed by atoms with Gasteiger partial charge in [-0.05, 0) is 42.5 Å². The molecule has 0 saturated heterocycles. The summed E-state index contributed by atoms with van der Waals surface area (Å²) in [6.45, 7) is 0.229. The number of benzene rings is 2. The molecular weight excluding hydrogens is 405 g/mol. The molecule has 128 valence electrons. The normalized spacial score (nSPS) is 10.5. The molecule has 3 rings (SSSR count). The molecule has 9 heteroatoms. The summed E-state index contributed by atoms with van der Waals surface area (Å²) >= 11 is 18.9. The highest BCUT2D eigenvalue weighted by Gasteiger charge is 2.14. The zero-order valence-electron chi connectivity index (χ0n) is 12.5. The van der Waals surface area contributed by atoms with Crippen molar-refractivity contribution in [3.8, 4) is 5.75 Å². The van der Waals surface area contributed by atoms with Crippen molar-refractivity contribution in [2.24, 2.45) is 0 Å². The number of aromatic nitrogens is 2. The number of anilines is 1. The predicted octanol–water partition coefficient (Wildman–Crippen LogP) is 5.33. The molecule has 5 nitrogen and oxygen atoms in total. The first kappa shape index (κ1) is 17.9. The zero-order chi connectivity index (χ0) is 17.8. The Morgan fingerprint density at radius 2 is 1.76 bits per heavy atom. The van der Waals surface area contributed by atoms with Gasteiger partial charge in [0.1, 0.15) is 12.4 Å². The molecule has 0 aliphatic heterocycles. The minimum absolute atomic E-state index is 0.229. The minimum atomic E-state index is -0.409. The maximum Gasteiger partial charge on any atom is 0.259 e. The standard InChI is InChI=1S/C16H10Cl3N3O2S/c17-9-1-4-11(5-2-9)24-8-14-21-22-16(25-14)20-15(23)12-7-10(18)3-6-13(12)19/h1-7H,8H2,(H,20,22,23). The molecule has 2 aromatic carbocycles. The number of nitrogens with one attached hydrogen (secondary N) is 1. The summed E-state index contributed by atoms with van der Waals surface area (Å²) in [6.07, 6.45) is 0. The number of rotatable bonds is 5. The highest BCUT2D eigenvalue weighted by atomic mass is 35.5. The molecule has 1 aromatic heterocycles. The van der Waals surface area contributed by atoms with E-state index in [1.807, 2.05) is 0 Å². The highest BCUT2D eigenvalue weighted by Crippen LogP contribution is 2.24. The van der Waals surface area contributed by atoms with Crippen molar-refractivity contribution in [1.29, 1.82) is 0 Å². The van der Waals surface area contributed by atoms with Gasteiger partial charge in [-0.15, -0.1) is 10.2 Å². The van der Waals surface area contributed by atoms with Crippen LogP contribution in [0, 0.1) is 0 Å². The molecule has 0 atom stereocenters. The zero-order valence-corrected chi connectivity index (χ0v) is 15.6. The Balaban J connectivity index is 1.62. The van der Waals surface area contributed by atoms with Gasteiger partial charge < -0.3 is 4.74 Å². The van der Waals surface area contributed by atoms with Gasteiger partial charge >= 0.3 is 0 Å². The summed E-state index contributed by atoms with van der Waals surface area (Å²) in [5.74, 6) is 0.254. The summed E-state index contributed by atoms with van der Waals surface area (Å²) in [4.78, 5) is 12.2. The first-order valence-corrected chi connectivity index (χ1v) is 8.93. The second-order valence-corrected chi connectivity index (χ2v) is 7.16. The first-order valence-electron chi connectivity index (χ1n) is 6.98. The Kier molecular flexibility index (Phi) is 5.75. The van der Waals surface area contributed by atoms with Crippen LogP contribution < -0.4 is 10.1 Å². The van der Waals surface area contributed by atoms with Crippen molar-refractivity contribution >= 4 is 57.2 Å². The maximum atomic E-state index is 12.2. The van der Waals surface area contributed by atoms with Gasteiger partial charge in [-0.25, -0.2) is 0 Å². The van der Waals surface area contributed by atoms with Crippen LogP contribution in [0.4, 0.5) is 5.13 Å². The average Bonchev–Trinajstić information content (AvgIpc) is 3.04. The van der Waals surface area contributed by atoms with E-state index in [1.54, 1.807) is 36.4 Å². The lowest BCUT2D eigenvalue weighted by Gasteiger charge is -2.04. The second kappa shape index (κ2) is 8.01. The van der Waals surface area contributed by atoms with Crippen molar-refractivity contribution in [2.45, 2.75) is 6.61 Å². The van der Waals surface area contributed by atoms with Gasteiger partial charge in [0.2, 0.25) is 5.13 Å². The number of ether oxygens (including phenoxy) is 1. The molecule has 0 aliphatic rings. The summed E-state index contributed by atoms with van der Waals surface area (Å²) in [6, 6.07) is 11.6. The van der Waals surface area contributed by atoms with Crippen LogP contribution in [-0.2, 0) is 6.61 Å². The van der Waals surface area contributed by atoms with Crippen LogP contribution in [0.3, 0.4) is 0 Å². The number of carbonyl (C=O) groups excluding carboxylic acids is 1. The predicted molar refractivity (Wildman–Crippen MR) is 100 cm³/mol. The molecule has 3 aromatic rings. The highest BCUT2D eigenvalue weighted by molar-refractivity contribution is 7.15. The van der Waals surface area contributed by atoms with Gasteiger partial charge in [0.05, 0.1) is 10.6 Å². The van der Waals surface area contributed by atoms with Gasteiger partial charge in [-0.3, -0.25) is 10.1 Å². The number of hydrogen-bond acceptors (Lipinski definition) is 5. The molecule has 1 amide bonds. The molecule has 0 saturated carbocycles. The van der Waals surface area contributed by atoms with Gasteiger partial charge in [0, 0.05) is 10.0 Å².